The van der Waals surface area contributed by atoms with E-state index in [-0.39, 0.29) is 36.4 Å². The van der Waals surface area contributed by atoms with Crippen molar-refractivity contribution < 1.29 is 23.9 Å². The smallest absolute Gasteiger partial charge is 0.240 e. The number of likely N-dealkylation sites (tertiary alicyclic amines) is 2. The Kier molecular flexibility index (Phi) is 6.31. The van der Waals surface area contributed by atoms with Crippen LogP contribution < -0.4 is 4.74 Å². The van der Waals surface area contributed by atoms with Crippen molar-refractivity contribution in [2.24, 2.45) is 5.92 Å². The molecule has 2 atom stereocenters. The molecule has 7 nitrogen and oxygen atoms in total. The third-order valence-corrected chi connectivity index (χ3v) is 6.82. The molecule has 2 aromatic carbocycles. The highest BCUT2D eigenvalue weighted by molar-refractivity contribution is 6.11. The number of hydrogen-bond donors (Lipinski definition) is 0. The van der Waals surface area contributed by atoms with Crippen LogP contribution in [0.5, 0.6) is 5.75 Å². The average molecular weight is 449 g/mol. The molecule has 172 valence electrons. The van der Waals surface area contributed by atoms with Crippen LogP contribution in [0.4, 0.5) is 0 Å². The van der Waals surface area contributed by atoms with Gasteiger partial charge in [0.25, 0.3) is 0 Å². The molecule has 4 rings (SSSR count). The molecule has 0 bridgehead atoms. The van der Waals surface area contributed by atoms with Crippen molar-refractivity contribution in [1.82, 2.24) is 9.80 Å². The van der Waals surface area contributed by atoms with Crippen LogP contribution in [0.2, 0.25) is 0 Å². The lowest BCUT2D eigenvalue weighted by atomic mass is 9.75. The maximum absolute atomic E-state index is 13.5. The van der Waals surface area contributed by atoms with Crippen molar-refractivity contribution in [2.45, 2.75) is 31.1 Å². The molecule has 3 amide bonds. The highest BCUT2D eigenvalue weighted by atomic mass is 16.5. The van der Waals surface area contributed by atoms with Crippen molar-refractivity contribution in [1.29, 1.82) is 0 Å². The number of hydrogen-bond acceptors (Lipinski definition) is 5. The third-order valence-electron chi connectivity index (χ3n) is 6.82. The fourth-order valence-electron chi connectivity index (χ4n) is 5.00. The molecule has 0 spiro atoms. The lowest BCUT2D eigenvalue weighted by Crippen LogP contribution is -2.47. The highest BCUT2D eigenvalue weighted by Crippen LogP contribution is 2.43. The largest absolute Gasteiger partial charge is 0.496 e. The number of benzene rings is 2. The zero-order valence-corrected chi connectivity index (χ0v) is 19.0. The Balaban J connectivity index is 1.60. The summed E-state index contributed by atoms with van der Waals surface area (Å²) in [7, 11) is 2.95. The number of ketones is 1. The summed E-state index contributed by atoms with van der Waals surface area (Å²) in [5.41, 5.74) is -0.135. The molecular formula is C26H28N2O5. The van der Waals surface area contributed by atoms with Crippen molar-refractivity contribution in [3.05, 3.63) is 65.7 Å². The average Bonchev–Trinajstić information content (AvgIpc) is 3.08. The second kappa shape index (κ2) is 9.17. The Bertz CT molecular complexity index is 1080. The van der Waals surface area contributed by atoms with Crippen molar-refractivity contribution in [2.75, 3.05) is 27.2 Å². The molecule has 2 aliphatic heterocycles. The fraction of sp³-hybridized carbons (Fsp3) is 0.385. The fourth-order valence-corrected chi connectivity index (χ4v) is 5.00. The number of carbonyl (C=O) groups is 4. The number of likely N-dealkylation sites (N-methyl/N-ethyl adjacent to an activating group) is 1. The van der Waals surface area contributed by atoms with Gasteiger partial charge in [-0.25, -0.2) is 0 Å². The number of para-hydroxylation sites is 1. The summed E-state index contributed by atoms with van der Waals surface area (Å²) in [5.74, 6) is -0.746. The zero-order valence-electron chi connectivity index (χ0n) is 19.0. The molecule has 0 N–H and O–H groups in total. The predicted molar refractivity (Wildman–Crippen MR) is 122 cm³/mol. The minimum Gasteiger partial charge on any atom is -0.496 e. The molecule has 2 heterocycles. The molecular weight excluding hydrogens is 420 g/mol. The Hall–Kier alpha value is -3.48. The van der Waals surface area contributed by atoms with Gasteiger partial charge in [-0.05, 0) is 18.9 Å². The molecule has 7 heteroatoms. The first-order valence-electron chi connectivity index (χ1n) is 11.2. The van der Waals surface area contributed by atoms with Crippen molar-refractivity contribution in [3.8, 4) is 5.75 Å². The summed E-state index contributed by atoms with van der Waals surface area (Å²) in [4.78, 5) is 55.0. The van der Waals surface area contributed by atoms with E-state index in [2.05, 4.69) is 0 Å². The minimum atomic E-state index is -1.31. The van der Waals surface area contributed by atoms with Gasteiger partial charge in [0.05, 0.1) is 12.5 Å². The number of piperidine rings is 1. The van der Waals surface area contributed by atoms with Gasteiger partial charge in [0.2, 0.25) is 17.7 Å². The molecule has 2 aliphatic rings. The number of amides is 3. The van der Waals surface area contributed by atoms with Gasteiger partial charge in [0.1, 0.15) is 5.75 Å². The van der Waals surface area contributed by atoms with Gasteiger partial charge in [0.15, 0.2) is 5.78 Å². The molecule has 0 unspecified atom stereocenters. The molecule has 0 aliphatic carbocycles. The highest BCUT2D eigenvalue weighted by Gasteiger charge is 2.54. The van der Waals surface area contributed by atoms with Crippen LogP contribution in [0.1, 0.15) is 41.6 Å². The van der Waals surface area contributed by atoms with Crippen molar-refractivity contribution >= 4 is 23.5 Å². The van der Waals surface area contributed by atoms with E-state index < -0.39 is 11.3 Å². The number of carbonyl (C=O) groups excluding carboxylic acids is 4. The summed E-state index contributed by atoms with van der Waals surface area (Å²) in [5, 5.41) is 0. The number of Topliss-reactive ketones (excluding diaryl/α,β-unsaturated/α-hetero) is 1. The quantitative estimate of drug-likeness (QED) is 0.501. The van der Waals surface area contributed by atoms with E-state index in [1.54, 1.807) is 41.3 Å². The number of imide groups is 1. The number of nitrogens with zero attached hydrogens (tertiary/aromatic N) is 2. The van der Waals surface area contributed by atoms with Crippen LogP contribution in [-0.2, 0) is 19.8 Å². The second-order valence-corrected chi connectivity index (χ2v) is 8.80. The third kappa shape index (κ3) is 4.15. The number of methoxy groups -OCH3 is 1. The summed E-state index contributed by atoms with van der Waals surface area (Å²) < 4.78 is 5.47. The summed E-state index contributed by atoms with van der Waals surface area (Å²) in [6.07, 6.45) is 1.20. The molecule has 33 heavy (non-hydrogen) atoms. The SMILES string of the molecule is COc1ccccc1[C@@]1(CC(=O)N2CCC[C@H](C(=O)c3ccccc3)C2)CC(=O)N(C)C1=O. The Morgan fingerprint density at radius 2 is 1.76 bits per heavy atom. The van der Waals surface area contributed by atoms with Crippen molar-refractivity contribution in [3.63, 3.8) is 0 Å². The first-order chi connectivity index (χ1) is 15.9. The van der Waals surface area contributed by atoms with Crippen LogP contribution in [0.25, 0.3) is 0 Å². The lowest BCUT2D eigenvalue weighted by Gasteiger charge is -2.35. The van der Waals surface area contributed by atoms with E-state index in [1.165, 1.54) is 14.2 Å². The summed E-state index contributed by atoms with van der Waals surface area (Å²) in [6.45, 7) is 0.837. The maximum Gasteiger partial charge on any atom is 0.240 e. The van der Waals surface area contributed by atoms with E-state index in [4.69, 9.17) is 4.74 Å². The zero-order chi connectivity index (χ0) is 23.6. The predicted octanol–water partition coefficient (Wildman–Crippen LogP) is 2.83. The van der Waals surface area contributed by atoms with Gasteiger partial charge in [-0.3, -0.25) is 24.1 Å². The lowest BCUT2D eigenvalue weighted by molar-refractivity contribution is -0.142. The van der Waals surface area contributed by atoms with Gasteiger partial charge < -0.3 is 9.64 Å². The minimum absolute atomic E-state index is 0.0272. The van der Waals surface area contributed by atoms with E-state index in [1.807, 2.05) is 18.2 Å². The van der Waals surface area contributed by atoms with Crippen LogP contribution in [0.15, 0.2) is 54.6 Å². The second-order valence-electron chi connectivity index (χ2n) is 8.80. The van der Waals surface area contributed by atoms with Gasteiger partial charge in [0, 0.05) is 50.0 Å². The Morgan fingerprint density at radius 3 is 2.42 bits per heavy atom. The Morgan fingerprint density at radius 1 is 1.06 bits per heavy atom. The van der Waals surface area contributed by atoms with E-state index in [9.17, 15) is 19.2 Å². The van der Waals surface area contributed by atoms with E-state index in [0.717, 1.165) is 11.3 Å². The van der Waals surface area contributed by atoms with Crippen LogP contribution in [-0.4, -0.2) is 60.6 Å². The van der Waals surface area contributed by atoms with Gasteiger partial charge in [-0.15, -0.1) is 0 Å². The van der Waals surface area contributed by atoms with E-state index >= 15 is 0 Å². The summed E-state index contributed by atoms with van der Waals surface area (Å²) >= 11 is 0. The first kappa shape index (κ1) is 22.7. The first-order valence-corrected chi connectivity index (χ1v) is 11.2. The normalized spacial score (nSPS) is 23.0. The van der Waals surface area contributed by atoms with E-state index in [0.29, 0.717) is 36.4 Å². The molecule has 0 aromatic heterocycles. The van der Waals surface area contributed by atoms with Crippen LogP contribution in [0, 0.1) is 5.92 Å². The molecule has 2 saturated heterocycles. The topological polar surface area (TPSA) is 84.0 Å². The number of rotatable bonds is 6. The molecule has 0 saturated carbocycles. The molecule has 2 fully saturated rings. The summed E-state index contributed by atoms with van der Waals surface area (Å²) in [6, 6.07) is 16.1. The number of ether oxygens (including phenoxy) is 1. The van der Waals surface area contributed by atoms with Crippen LogP contribution in [0.3, 0.4) is 0 Å². The van der Waals surface area contributed by atoms with Gasteiger partial charge in [-0.1, -0.05) is 48.5 Å². The molecule has 2 aromatic rings. The van der Waals surface area contributed by atoms with Gasteiger partial charge in [-0.2, -0.15) is 0 Å². The molecule has 0 radical (unpaired) electrons. The van der Waals surface area contributed by atoms with Gasteiger partial charge >= 0.3 is 0 Å². The standard InChI is InChI=1S/C26H28N2O5/c1-27-22(29)15-26(25(27)32,20-12-6-7-13-21(20)33-2)16-23(30)28-14-8-11-19(17-28)24(31)18-9-4-3-5-10-18/h3-7,9-10,12-13,19H,8,11,14-17H2,1-2H3/t19-,26-/m0/s1. The monoisotopic (exact) mass is 448 g/mol. The maximum atomic E-state index is 13.5. The Labute approximate surface area is 193 Å². The van der Waals surface area contributed by atoms with Crippen LogP contribution >= 0.6 is 0 Å².